The Balaban J connectivity index is 4.21. The lowest BCUT2D eigenvalue weighted by Crippen LogP contribution is -2.55. The molecule has 0 saturated heterocycles. The molecule has 2 atom stereocenters. The van der Waals surface area contributed by atoms with Crippen molar-refractivity contribution in [1.29, 1.82) is 0 Å². The molecule has 8 nitrogen and oxygen atoms in total. The van der Waals surface area contributed by atoms with Crippen LogP contribution in [-0.2, 0) is 28.6 Å². The topological polar surface area (TPSA) is 102 Å². The molecule has 0 fully saturated rings. The number of hydrogen-bond donors (Lipinski definition) is 0. The Morgan fingerprint density at radius 3 is 2.11 bits per heavy atom. The normalized spacial score (nSPS) is 13.9. The van der Waals surface area contributed by atoms with Crippen molar-refractivity contribution in [2.75, 3.05) is 41.0 Å². The second-order valence-corrected chi connectivity index (χ2v) is 9.62. The summed E-state index contributed by atoms with van der Waals surface area (Å²) in [6.07, 6.45) is 19.4. The fraction of sp³-hybridized carbons (Fsp3) is 0.679. The molecule has 0 aliphatic heterocycles. The van der Waals surface area contributed by atoms with Gasteiger partial charge in [0.25, 0.3) is 0 Å². The Morgan fingerprint density at radius 2 is 1.53 bits per heavy atom. The van der Waals surface area contributed by atoms with Crippen LogP contribution in [0.25, 0.3) is 0 Å². The second-order valence-electron chi connectivity index (χ2n) is 9.62. The molecule has 0 aromatic carbocycles. The predicted octanol–water partition coefficient (Wildman–Crippen LogP) is 3.50. The predicted molar refractivity (Wildman–Crippen MR) is 139 cm³/mol. The molecule has 0 bridgehead atoms. The van der Waals surface area contributed by atoms with Gasteiger partial charge in [-0.15, -0.1) is 0 Å². The maximum Gasteiger partial charge on any atom is 0.306 e. The molecule has 0 aliphatic carbocycles. The van der Waals surface area contributed by atoms with E-state index in [-0.39, 0.29) is 43.1 Å². The van der Waals surface area contributed by atoms with Gasteiger partial charge in [-0.2, -0.15) is 0 Å². The molecular formula is C28H47NO7. The third-order valence-electron chi connectivity index (χ3n) is 5.35. The molecule has 0 radical (unpaired) electrons. The number of allylic oxidation sites excluding steroid dienone is 6. The van der Waals surface area contributed by atoms with Gasteiger partial charge >= 0.3 is 11.9 Å². The van der Waals surface area contributed by atoms with Crippen molar-refractivity contribution < 1.29 is 38.2 Å². The average Bonchev–Trinajstić information content (AvgIpc) is 2.78. The van der Waals surface area contributed by atoms with Crippen LogP contribution in [0.2, 0.25) is 0 Å². The van der Waals surface area contributed by atoms with Gasteiger partial charge in [0, 0.05) is 19.8 Å². The summed E-state index contributed by atoms with van der Waals surface area (Å²) in [5, 5.41) is 11.3. The van der Waals surface area contributed by atoms with E-state index in [1.165, 1.54) is 6.92 Å². The number of unbranched alkanes of at least 4 members (excludes halogenated alkanes) is 3. The number of aliphatic carboxylic acids is 1. The fourth-order valence-electron chi connectivity index (χ4n) is 3.34. The number of esters is 2. The standard InChI is InChI=1S/C28H47NO7/c1-6-7-8-9-10-11-12-13-14-15-16-17-18-19-27(31)36-25(23-35-24(2)30)22-34-21-20-26(28(32)33)29(3,4)5/h7-8,10-11,13-14,25-26H,6,9,12,15-23H2,1-5H3/b8-7-,11-10-,14-13-. The number of hydrogen-bond acceptors (Lipinski definition) is 7. The third-order valence-corrected chi connectivity index (χ3v) is 5.35. The summed E-state index contributed by atoms with van der Waals surface area (Å²) in [5.74, 6) is -1.99. The van der Waals surface area contributed by atoms with Crippen molar-refractivity contribution in [3.8, 4) is 0 Å². The minimum absolute atomic E-state index is 0.0179. The molecule has 0 spiro atoms. The van der Waals surface area contributed by atoms with E-state index in [1.807, 2.05) is 0 Å². The molecule has 36 heavy (non-hydrogen) atoms. The number of likely N-dealkylation sites (N-methyl/N-ethyl adjacent to an activating group) is 1. The van der Waals surface area contributed by atoms with Crippen molar-refractivity contribution >= 4 is 17.9 Å². The first-order valence-electron chi connectivity index (χ1n) is 12.9. The van der Waals surface area contributed by atoms with E-state index in [0.29, 0.717) is 6.42 Å². The smallest absolute Gasteiger partial charge is 0.306 e. The SMILES string of the molecule is CC/C=C\C/C=C\C/C=C\CCCCCC(=O)OC(COCCC(C(=O)[O-])[N+](C)(C)C)COC(C)=O. The van der Waals surface area contributed by atoms with Crippen LogP contribution in [0, 0.1) is 0 Å². The molecule has 206 valence electrons. The van der Waals surface area contributed by atoms with Gasteiger partial charge in [0.15, 0.2) is 6.10 Å². The number of ether oxygens (including phenoxy) is 3. The summed E-state index contributed by atoms with van der Waals surface area (Å²) in [5.41, 5.74) is 0. The molecule has 0 amide bonds. The molecule has 0 heterocycles. The van der Waals surface area contributed by atoms with Crippen LogP contribution >= 0.6 is 0 Å². The van der Waals surface area contributed by atoms with Crippen LogP contribution in [0.1, 0.15) is 71.6 Å². The molecule has 0 saturated carbocycles. The Morgan fingerprint density at radius 1 is 0.889 bits per heavy atom. The van der Waals surface area contributed by atoms with Crippen molar-refractivity contribution in [1.82, 2.24) is 0 Å². The summed E-state index contributed by atoms with van der Waals surface area (Å²) in [6.45, 7) is 3.47. The largest absolute Gasteiger partial charge is 0.544 e. The van der Waals surface area contributed by atoms with E-state index in [1.54, 1.807) is 21.1 Å². The Bertz CT molecular complexity index is 707. The Labute approximate surface area is 217 Å². The molecule has 0 aromatic heterocycles. The van der Waals surface area contributed by atoms with Gasteiger partial charge in [-0.3, -0.25) is 9.59 Å². The van der Waals surface area contributed by atoms with Gasteiger partial charge in [0.05, 0.1) is 40.3 Å². The average molecular weight is 510 g/mol. The number of carboxylic acids is 1. The maximum atomic E-state index is 12.2. The second kappa shape index (κ2) is 20.7. The maximum absolute atomic E-state index is 12.2. The summed E-state index contributed by atoms with van der Waals surface area (Å²) in [6, 6.07) is -0.723. The molecule has 8 heteroatoms. The van der Waals surface area contributed by atoms with Gasteiger partial charge < -0.3 is 28.6 Å². The molecule has 0 N–H and O–H groups in total. The van der Waals surface area contributed by atoms with E-state index >= 15 is 0 Å². The first-order valence-corrected chi connectivity index (χ1v) is 12.9. The summed E-state index contributed by atoms with van der Waals surface area (Å²) < 4.78 is 16.2. The highest BCUT2D eigenvalue weighted by Crippen LogP contribution is 2.09. The number of rotatable bonds is 21. The van der Waals surface area contributed by atoms with Crippen LogP contribution in [0.15, 0.2) is 36.5 Å². The van der Waals surface area contributed by atoms with E-state index < -0.39 is 24.1 Å². The van der Waals surface area contributed by atoms with E-state index in [2.05, 4.69) is 43.4 Å². The number of carbonyl (C=O) groups is 3. The van der Waals surface area contributed by atoms with Crippen molar-refractivity contribution in [3.05, 3.63) is 36.5 Å². The van der Waals surface area contributed by atoms with Gasteiger partial charge in [0.1, 0.15) is 12.6 Å². The van der Waals surface area contributed by atoms with Crippen LogP contribution in [0.3, 0.4) is 0 Å². The number of carbonyl (C=O) groups excluding carboxylic acids is 3. The van der Waals surface area contributed by atoms with Crippen molar-refractivity contribution in [2.45, 2.75) is 83.8 Å². The highest BCUT2D eigenvalue weighted by Gasteiger charge is 2.25. The van der Waals surface area contributed by atoms with Crippen LogP contribution in [0.4, 0.5) is 0 Å². The summed E-state index contributed by atoms with van der Waals surface area (Å²) in [7, 11) is 5.32. The monoisotopic (exact) mass is 509 g/mol. The van der Waals surface area contributed by atoms with Gasteiger partial charge in [-0.1, -0.05) is 49.8 Å². The van der Waals surface area contributed by atoms with Crippen LogP contribution < -0.4 is 5.11 Å². The number of carboxylic acid groups (broad SMARTS) is 1. The molecule has 0 aromatic rings. The zero-order chi connectivity index (χ0) is 27.2. The minimum Gasteiger partial charge on any atom is -0.544 e. The number of nitrogens with zero attached hydrogens (tertiary/aromatic N) is 1. The first-order chi connectivity index (χ1) is 17.1. The van der Waals surface area contributed by atoms with E-state index in [0.717, 1.165) is 38.5 Å². The van der Waals surface area contributed by atoms with E-state index in [9.17, 15) is 19.5 Å². The Hall–Kier alpha value is -2.45. The van der Waals surface area contributed by atoms with Crippen LogP contribution in [-0.4, -0.2) is 75.5 Å². The van der Waals surface area contributed by atoms with Gasteiger partial charge in [-0.05, 0) is 38.5 Å². The lowest BCUT2D eigenvalue weighted by Gasteiger charge is -2.34. The first kappa shape index (κ1) is 33.5. The number of quaternary nitrogens is 1. The summed E-state index contributed by atoms with van der Waals surface area (Å²) in [4.78, 5) is 34.7. The molecule has 0 rings (SSSR count). The lowest BCUT2D eigenvalue weighted by atomic mass is 10.1. The highest BCUT2D eigenvalue weighted by atomic mass is 16.6. The summed E-state index contributed by atoms with van der Waals surface area (Å²) >= 11 is 0. The zero-order valence-corrected chi connectivity index (χ0v) is 22.9. The lowest BCUT2D eigenvalue weighted by molar-refractivity contribution is -0.889. The quantitative estimate of drug-likeness (QED) is 0.101. The molecular weight excluding hydrogens is 462 g/mol. The van der Waals surface area contributed by atoms with Crippen molar-refractivity contribution in [2.24, 2.45) is 0 Å². The van der Waals surface area contributed by atoms with Gasteiger partial charge in [-0.25, -0.2) is 0 Å². The fourth-order valence-corrected chi connectivity index (χ4v) is 3.34. The Kier molecular flexibility index (Phi) is 19.3. The van der Waals surface area contributed by atoms with Gasteiger partial charge in [0.2, 0.25) is 0 Å². The van der Waals surface area contributed by atoms with E-state index in [4.69, 9.17) is 14.2 Å². The third kappa shape index (κ3) is 19.8. The van der Waals surface area contributed by atoms with Crippen molar-refractivity contribution in [3.63, 3.8) is 0 Å². The molecule has 2 unspecified atom stereocenters. The van der Waals surface area contributed by atoms with Crippen LogP contribution in [0.5, 0.6) is 0 Å². The minimum atomic E-state index is -1.14. The highest BCUT2D eigenvalue weighted by molar-refractivity contribution is 5.70. The molecule has 0 aliphatic rings. The zero-order valence-electron chi connectivity index (χ0n) is 22.9.